The Hall–Kier alpha value is -2.83. The minimum Gasteiger partial charge on any atom is -0.374 e. The molecule has 7 heteroatoms. The lowest BCUT2D eigenvalue weighted by atomic mass is 10.0. The number of rotatable bonds is 5. The molecule has 3 rings (SSSR count). The van der Waals surface area contributed by atoms with Crippen LogP contribution in [-0.2, 0) is 16.6 Å². The third kappa shape index (κ3) is 3.99. The van der Waals surface area contributed by atoms with Gasteiger partial charge < -0.3 is 15.5 Å². The second-order valence-corrected chi connectivity index (χ2v) is 6.18. The highest BCUT2D eigenvalue weighted by molar-refractivity contribution is 5.99. The number of anilines is 3. The van der Waals surface area contributed by atoms with E-state index in [2.05, 4.69) is 15.7 Å². The Labute approximate surface area is 147 Å². The zero-order valence-electron chi connectivity index (χ0n) is 14.5. The fourth-order valence-corrected chi connectivity index (χ4v) is 2.91. The third-order valence-corrected chi connectivity index (χ3v) is 4.27. The van der Waals surface area contributed by atoms with Crippen molar-refractivity contribution in [1.29, 1.82) is 0 Å². The maximum absolute atomic E-state index is 12.8. The molecule has 0 radical (unpaired) electrons. The van der Waals surface area contributed by atoms with Crippen LogP contribution in [0, 0.1) is 0 Å². The molecule has 0 bridgehead atoms. The monoisotopic (exact) mass is 341 g/mol. The van der Waals surface area contributed by atoms with Crippen LogP contribution >= 0.6 is 0 Å². The van der Waals surface area contributed by atoms with E-state index in [4.69, 9.17) is 0 Å². The fourth-order valence-electron chi connectivity index (χ4n) is 2.91. The molecule has 0 spiro atoms. The molecule has 1 atom stereocenters. The lowest BCUT2D eigenvalue weighted by Gasteiger charge is -2.32. The molecular formula is C18H23N5O2. The van der Waals surface area contributed by atoms with Gasteiger partial charge in [0.05, 0.1) is 11.9 Å². The molecule has 0 saturated carbocycles. The first kappa shape index (κ1) is 17.0. The molecule has 0 aliphatic carbocycles. The molecule has 2 aromatic rings. The van der Waals surface area contributed by atoms with Gasteiger partial charge in [0.25, 0.3) is 0 Å². The first-order valence-corrected chi connectivity index (χ1v) is 8.53. The van der Waals surface area contributed by atoms with Crippen LogP contribution in [0.25, 0.3) is 0 Å². The minimum absolute atomic E-state index is 0.0183. The van der Waals surface area contributed by atoms with Crippen LogP contribution in [0.15, 0.2) is 36.7 Å². The minimum atomic E-state index is -0.259. The van der Waals surface area contributed by atoms with Crippen molar-refractivity contribution in [3.63, 3.8) is 0 Å². The predicted molar refractivity (Wildman–Crippen MR) is 97.6 cm³/mol. The summed E-state index contributed by atoms with van der Waals surface area (Å²) < 4.78 is 1.70. The van der Waals surface area contributed by atoms with Crippen LogP contribution in [0.4, 0.5) is 17.1 Å². The van der Waals surface area contributed by atoms with Gasteiger partial charge in [0, 0.05) is 37.6 Å². The van der Waals surface area contributed by atoms with Gasteiger partial charge in [-0.1, -0.05) is 6.92 Å². The molecule has 1 fully saturated rings. The summed E-state index contributed by atoms with van der Waals surface area (Å²) in [6.45, 7) is 2.53. The summed E-state index contributed by atoms with van der Waals surface area (Å²) in [5.41, 5.74) is 2.45. The van der Waals surface area contributed by atoms with E-state index in [-0.39, 0.29) is 17.9 Å². The topological polar surface area (TPSA) is 79.3 Å². The van der Waals surface area contributed by atoms with Gasteiger partial charge in [0.1, 0.15) is 6.04 Å². The lowest BCUT2D eigenvalue weighted by molar-refractivity contribution is -0.120. The van der Waals surface area contributed by atoms with E-state index in [1.54, 1.807) is 15.8 Å². The number of nitrogens with zero attached hydrogens (tertiary/aromatic N) is 3. The van der Waals surface area contributed by atoms with Gasteiger partial charge in [0.2, 0.25) is 11.8 Å². The van der Waals surface area contributed by atoms with Gasteiger partial charge in [-0.25, -0.2) is 0 Å². The Morgan fingerprint density at radius 1 is 1.28 bits per heavy atom. The Kier molecular flexibility index (Phi) is 5.02. The molecule has 132 valence electrons. The van der Waals surface area contributed by atoms with Crippen LogP contribution in [0.2, 0.25) is 0 Å². The van der Waals surface area contributed by atoms with Crippen molar-refractivity contribution in [2.45, 2.75) is 32.2 Å². The van der Waals surface area contributed by atoms with Crippen molar-refractivity contribution in [1.82, 2.24) is 9.78 Å². The van der Waals surface area contributed by atoms with E-state index in [9.17, 15) is 9.59 Å². The Morgan fingerprint density at radius 2 is 2.00 bits per heavy atom. The van der Waals surface area contributed by atoms with Crippen LogP contribution in [0.1, 0.15) is 26.2 Å². The van der Waals surface area contributed by atoms with Gasteiger partial charge in [-0.3, -0.25) is 14.3 Å². The summed E-state index contributed by atoms with van der Waals surface area (Å²) in [6.07, 6.45) is 5.74. The van der Waals surface area contributed by atoms with Gasteiger partial charge in [-0.15, -0.1) is 0 Å². The number of amides is 2. The summed E-state index contributed by atoms with van der Waals surface area (Å²) in [7, 11) is 1.84. The zero-order chi connectivity index (χ0) is 17.8. The van der Waals surface area contributed by atoms with Crippen molar-refractivity contribution >= 4 is 28.9 Å². The molecule has 1 aliphatic rings. The highest BCUT2D eigenvalue weighted by atomic mass is 16.2. The average Bonchev–Trinajstić information content (AvgIpc) is 3.04. The van der Waals surface area contributed by atoms with E-state index in [1.165, 1.54) is 0 Å². The van der Waals surface area contributed by atoms with Crippen molar-refractivity contribution in [2.24, 2.45) is 7.05 Å². The molecule has 1 aromatic carbocycles. The molecule has 7 nitrogen and oxygen atoms in total. The molecule has 2 heterocycles. The highest BCUT2D eigenvalue weighted by Gasteiger charge is 2.30. The average molecular weight is 341 g/mol. The first-order valence-electron chi connectivity index (χ1n) is 8.53. The second-order valence-electron chi connectivity index (χ2n) is 6.18. The molecule has 2 amide bonds. The maximum atomic E-state index is 12.8. The van der Waals surface area contributed by atoms with E-state index in [1.807, 2.05) is 44.4 Å². The van der Waals surface area contributed by atoms with Crippen molar-refractivity contribution in [3.05, 3.63) is 36.7 Å². The standard InChI is InChI=1S/C18H23N5O2/c1-3-17(24)21-14-8-6-13(7-9-14)20-16-5-4-10-23(18(16)25)15-11-19-22(2)12-15/h6-9,11-12,16,20H,3-5,10H2,1-2H3,(H,21,24). The number of hydrogen-bond acceptors (Lipinski definition) is 4. The smallest absolute Gasteiger partial charge is 0.249 e. The number of benzene rings is 1. The number of nitrogens with one attached hydrogen (secondary N) is 2. The SMILES string of the molecule is CCC(=O)Nc1ccc(NC2CCCN(c3cnn(C)c3)C2=O)cc1. The number of piperidine rings is 1. The van der Waals surface area contributed by atoms with Gasteiger partial charge in [-0.2, -0.15) is 5.10 Å². The molecular weight excluding hydrogens is 318 g/mol. The van der Waals surface area contributed by atoms with Crippen LogP contribution in [-0.4, -0.2) is 34.2 Å². The van der Waals surface area contributed by atoms with Gasteiger partial charge in [0.15, 0.2) is 0 Å². The summed E-state index contributed by atoms with van der Waals surface area (Å²) in [4.78, 5) is 26.0. The number of aryl methyl sites for hydroxylation is 1. The van der Waals surface area contributed by atoms with Crippen LogP contribution < -0.4 is 15.5 Å². The van der Waals surface area contributed by atoms with E-state index in [0.717, 1.165) is 29.9 Å². The summed E-state index contributed by atoms with van der Waals surface area (Å²) in [6, 6.07) is 7.16. The number of aromatic nitrogens is 2. The molecule has 1 unspecified atom stereocenters. The normalized spacial score (nSPS) is 17.4. The van der Waals surface area contributed by atoms with Gasteiger partial charge in [-0.05, 0) is 37.1 Å². The van der Waals surface area contributed by atoms with E-state index < -0.39 is 0 Å². The third-order valence-electron chi connectivity index (χ3n) is 4.27. The highest BCUT2D eigenvalue weighted by Crippen LogP contribution is 2.23. The molecule has 1 aliphatic heterocycles. The first-order chi connectivity index (χ1) is 12.1. The number of carbonyl (C=O) groups excluding carboxylic acids is 2. The van der Waals surface area contributed by atoms with Crippen molar-refractivity contribution < 1.29 is 9.59 Å². The predicted octanol–water partition coefficient (Wildman–Crippen LogP) is 2.38. The zero-order valence-corrected chi connectivity index (χ0v) is 14.5. The molecule has 1 saturated heterocycles. The maximum Gasteiger partial charge on any atom is 0.249 e. The fraction of sp³-hybridized carbons (Fsp3) is 0.389. The molecule has 1 aromatic heterocycles. The quantitative estimate of drug-likeness (QED) is 0.875. The Bertz CT molecular complexity index is 753. The van der Waals surface area contributed by atoms with Crippen LogP contribution in [0.5, 0.6) is 0 Å². The number of carbonyl (C=O) groups is 2. The van der Waals surface area contributed by atoms with Crippen molar-refractivity contribution in [3.8, 4) is 0 Å². The molecule has 25 heavy (non-hydrogen) atoms. The number of hydrogen-bond donors (Lipinski definition) is 2. The Morgan fingerprint density at radius 3 is 2.64 bits per heavy atom. The van der Waals surface area contributed by atoms with E-state index in [0.29, 0.717) is 13.0 Å². The van der Waals surface area contributed by atoms with E-state index >= 15 is 0 Å². The largest absolute Gasteiger partial charge is 0.374 e. The second kappa shape index (κ2) is 7.38. The van der Waals surface area contributed by atoms with Gasteiger partial charge >= 0.3 is 0 Å². The summed E-state index contributed by atoms with van der Waals surface area (Å²) in [5, 5.41) is 10.3. The Balaban J connectivity index is 1.65. The summed E-state index contributed by atoms with van der Waals surface area (Å²) in [5.74, 6) is 0.0397. The lowest BCUT2D eigenvalue weighted by Crippen LogP contribution is -2.47. The van der Waals surface area contributed by atoms with Crippen molar-refractivity contribution in [2.75, 3.05) is 22.1 Å². The summed E-state index contributed by atoms with van der Waals surface area (Å²) >= 11 is 0. The van der Waals surface area contributed by atoms with Crippen LogP contribution in [0.3, 0.4) is 0 Å². The molecule has 2 N–H and O–H groups in total.